The number of aryl methyl sites for hydroxylation is 1. The number of methoxy groups -OCH3 is 1. The summed E-state index contributed by atoms with van der Waals surface area (Å²) in [6.07, 6.45) is 11.1. The maximum Gasteiger partial charge on any atom is 0.317 e. The van der Waals surface area contributed by atoms with E-state index >= 15 is 0 Å². The molecular weight excluding hydrogens is 753 g/mol. The van der Waals surface area contributed by atoms with Gasteiger partial charge in [-0.3, -0.25) is 23.9 Å². The summed E-state index contributed by atoms with van der Waals surface area (Å²) >= 11 is 0. The first kappa shape index (κ1) is 40.5. The summed E-state index contributed by atoms with van der Waals surface area (Å²) in [6, 6.07) is 4.03. The van der Waals surface area contributed by atoms with Crippen LogP contribution in [0.3, 0.4) is 0 Å². The van der Waals surface area contributed by atoms with E-state index in [1.54, 1.807) is 27.3 Å². The number of benzene rings is 1. The van der Waals surface area contributed by atoms with Crippen LogP contribution in [0.25, 0.3) is 22.2 Å². The predicted octanol–water partition coefficient (Wildman–Crippen LogP) is 3.14. The molecule has 0 spiro atoms. The van der Waals surface area contributed by atoms with E-state index in [1.165, 1.54) is 4.90 Å². The molecule has 7 rings (SSSR count). The van der Waals surface area contributed by atoms with Crippen LogP contribution in [-0.4, -0.2) is 127 Å². The number of hydrogen-bond acceptors (Lipinski definition) is 11. The molecule has 1 aromatic carbocycles. The number of ether oxygens (including phenoxy) is 3. The molecule has 4 heterocycles. The van der Waals surface area contributed by atoms with Crippen LogP contribution in [-0.2, 0) is 30.9 Å². The van der Waals surface area contributed by atoms with Gasteiger partial charge in [-0.25, -0.2) is 18.2 Å². The van der Waals surface area contributed by atoms with Crippen LogP contribution in [0.4, 0.5) is 4.79 Å². The average Bonchev–Trinajstić information content (AvgIpc) is 4.07. The first-order valence-corrected chi connectivity index (χ1v) is 21.3. The Balaban J connectivity index is 1.12. The molecule has 0 radical (unpaired) electrons. The Morgan fingerprint density at radius 2 is 1.89 bits per heavy atom. The third kappa shape index (κ3) is 8.89. The minimum absolute atomic E-state index is 0.0137. The molecule has 1 saturated heterocycles. The fraction of sp³-hybridized carbons (Fsp3) is 0.575. The van der Waals surface area contributed by atoms with Crippen molar-refractivity contribution in [2.24, 2.45) is 5.92 Å². The Labute approximate surface area is 333 Å². The Hall–Kier alpha value is -4.74. The molecule has 4 aliphatic rings. The van der Waals surface area contributed by atoms with Gasteiger partial charge >= 0.3 is 6.03 Å². The Morgan fingerprint density at radius 3 is 2.65 bits per heavy atom. The number of hydrogen-bond donors (Lipinski definition) is 3. The number of fused-ring (bicyclic) bond motifs is 2. The molecule has 3 atom stereocenters. The minimum atomic E-state index is -3.95. The zero-order valence-electron chi connectivity index (χ0n) is 33.2. The highest BCUT2D eigenvalue weighted by Gasteiger charge is 2.62. The number of nitrogens with one attached hydrogen (secondary N) is 3. The van der Waals surface area contributed by atoms with Gasteiger partial charge in [0, 0.05) is 74.3 Å². The van der Waals surface area contributed by atoms with Crippen molar-refractivity contribution in [3.8, 4) is 22.8 Å². The number of morpholine rings is 1. The number of urea groups is 1. The first-order chi connectivity index (χ1) is 27.3. The van der Waals surface area contributed by atoms with E-state index in [9.17, 15) is 22.8 Å². The lowest BCUT2D eigenvalue weighted by Gasteiger charge is -2.26. The second-order valence-electron chi connectivity index (χ2n) is 15.9. The van der Waals surface area contributed by atoms with Crippen LogP contribution in [0, 0.1) is 12.8 Å². The molecule has 3 fully saturated rings. The molecule has 0 unspecified atom stereocenters. The number of pyridine rings is 1. The Morgan fingerprint density at radius 1 is 1.11 bits per heavy atom. The lowest BCUT2D eigenvalue weighted by molar-refractivity contribution is -0.130. The second-order valence-corrected chi connectivity index (χ2v) is 18.1. The molecule has 2 aromatic heterocycles. The standard InChI is InChI=1S/C40H54N8O8S/c1-27-33(54-4)11-10-30-34(23-32(42-35(27)30)28-25-41-48(26-28)17-16-47-18-21-55-22-19-47)56-20-12-31-36(49)44-40(37(50)45-57(52,53)39(2)13-14-39)24-29(40)9-7-5-6-8-15-46(3)38(51)43-31/h7,9-11,23,25-26,29,31H,5-6,8,12-22,24H2,1-4H3,(H,43,51)(H,44,49)(H,45,50)/t29-,31+,40-/m1/s1. The van der Waals surface area contributed by atoms with Gasteiger partial charge in [0.2, 0.25) is 15.9 Å². The maximum atomic E-state index is 14.1. The van der Waals surface area contributed by atoms with Crippen LogP contribution in [0.2, 0.25) is 0 Å². The van der Waals surface area contributed by atoms with Crippen LogP contribution < -0.4 is 24.8 Å². The van der Waals surface area contributed by atoms with Crippen molar-refractivity contribution < 1.29 is 37.0 Å². The number of rotatable bonds is 12. The van der Waals surface area contributed by atoms with Gasteiger partial charge in [0.1, 0.15) is 23.1 Å². The summed E-state index contributed by atoms with van der Waals surface area (Å²) in [5, 5.41) is 11.1. The topological polar surface area (TPSA) is 186 Å². The number of amides is 4. The van der Waals surface area contributed by atoms with E-state index in [-0.39, 0.29) is 19.4 Å². The van der Waals surface area contributed by atoms with Crippen molar-refractivity contribution in [1.82, 2.24) is 39.9 Å². The van der Waals surface area contributed by atoms with E-state index in [4.69, 9.17) is 19.2 Å². The summed E-state index contributed by atoms with van der Waals surface area (Å²) in [7, 11) is -0.672. The first-order valence-electron chi connectivity index (χ1n) is 19.8. The van der Waals surface area contributed by atoms with Gasteiger partial charge in [-0.15, -0.1) is 0 Å². The largest absolute Gasteiger partial charge is 0.496 e. The summed E-state index contributed by atoms with van der Waals surface area (Å²) < 4.78 is 46.9. The van der Waals surface area contributed by atoms with Crippen molar-refractivity contribution in [2.45, 2.75) is 81.7 Å². The van der Waals surface area contributed by atoms with Crippen LogP contribution >= 0.6 is 0 Å². The predicted molar refractivity (Wildman–Crippen MR) is 213 cm³/mol. The van der Waals surface area contributed by atoms with Crippen LogP contribution in [0.15, 0.2) is 42.7 Å². The van der Waals surface area contributed by atoms with Gasteiger partial charge in [-0.2, -0.15) is 5.10 Å². The molecule has 308 valence electrons. The van der Waals surface area contributed by atoms with E-state index in [1.807, 2.05) is 48.2 Å². The van der Waals surface area contributed by atoms with Crippen molar-refractivity contribution in [1.29, 1.82) is 0 Å². The number of carbonyl (C=O) groups is 3. The van der Waals surface area contributed by atoms with Gasteiger partial charge < -0.3 is 29.7 Å². The minimum Gasteiger partial charge on any atom is -0.496 e. The molecule has 2 aliphatic carbocycles. The third-order valence-electron chi connectivity index (χ3n) is 11.7. The Bertz CT molecular complexity index is 2130. The highest BCUT2D eigenvalue weighted by Crippen LogP contribution is 2.47. The number of sulfonamides is 1. The molecule has 3 aromatic rings. The van der Waals surface area contributed by atoms with Crippen LogP contribution in [0.1, 0.15) is 57.4 Å². The number of nitrogens with zero attached hydrogens (tertiary/aromatic N) is 5. The second kappa shape index (κ2) is 16.6. The molecular formula is C40H54N8O8S. The molecule has 57 heavy (non-hydrogen) atoms. The van der Waals surface area contributed by atoms with Crippen molar-refractivity contribution in [3.05, 3.63) is 48.3 Å². The van der Waals surface area contributed by atoms with Gasteiger partial charge in [0.05, 0.1) is 55.6 Å². The highest BCUT2D eigenvalue weighted by molar-refractivity contribution is 7.91. The summed E-state index contributed by atoms with van der Waals surface area (Å²) in [5.41, 5.74) is 1.50. The SMILES string of the molecule is COc1ccc2c(OCC[C@@H]3NC(=O)N(C)CCCCC=C[C@@H]4C[C@@]4(C(=O)NS(=O)(=O)C4(C)CC4)NC3=O)cc(-c3cnn(CCN4CCOCC4)c3)nc2c1C. The molecule has 3 N–H and O–H groups in total. The monoisotopic (exact) mass is 806 g/mol. The Kier molecular flexibility index (Phi) is 11.8. The fourth-order valence-electron chi connectivity index (χ4n) is 7.41. The summed E-state index contributed by atoms with van der Waals surface area (Å²) in [5.74, 6) is -0.576. The van der Waals surface area contributed by atoms with Crippen molar-refractivity contribution in [2.75, 3.05) is 60.2 Å². The fourth-order valence-corrected chi connectivity index (χ4v) is 8.72. The molecule has 16 nitrogen and oxygen atoms in total. The lowest BCUT2D eigenvalue weighted by atomic mass is 10.1. The average molecular weight is 807 g/mol. The van der Waals surface area contributed by atoms with Gasteiger partial charge in [0.25, 0.3) is 5.91 Å². The van der Waals surface area contributed by atoms with E-state index in [0.717, 1.165) is 68.6 Å². The maximum absolute atomic E-state index is 14.1. The number of allylic oxidation sites excluding steroid dienone is 1. The number of carbonyl (C=O) groups excluding carboxylic acids is 3. The molecule has 2 saturated carbocycles. The quantitative estimate of drug-likeness (QED) is 0.229. The molecule has 2 aliphatic heterocycles. The normalized spacial score (nSPS) is 24.2. The third-order valence-corrected chi connectivity index (χ3v) is 13.9. The molecule has 4 amide bonds. The van der Waals surface area contributed by atoms with E-state index in [0.29, 0.717) is 48.6 Å². The van der Waals surface area contributed by atoms with Gasteiger partial charge in [0.15, 0.2) is 0 Å². The lowest BCUT2D eigenvalue weighted by Crippen LogP contribution is -2.58. The van der Waals surface area contributed by atoms with Gasteiger partial charge in [-0.05, 0) is 64.5 Å². The molecule has 17 heteroatoms. The van der Waals surface area contributed by atoms with Crippen molar-refractivity contribution >= 4 is 38.8 Å². The van der Waals surface area contributed by atoms with Crippen molar-refractivity contribution in [3.63, 3.8) is 0 Å². The number of aromatic nitrogens is 3. The van der Waals surface area contributed by atoms with E-state index < -0.39 is 50.1 Å². The summed E-state index contributed by atoms with van der Waals surface area (Å²) in [4.78, 5) is 50.1. The smallest absolute Gasteiger partial charge is 0.317 e. The highest BCUT2D eigenvalue weighted by atomic mass is 32.2. The van der Waals surface area contributed by atoms with Crippen LogP contribution in [0.5, 0.6) is 11.5 Å². The summed E-state index contributed by atoms with van der Waals surface area (Å²) in [6.45, 7) is 8.85. The van der Waals surface area contributed by atoms with Gasteiger partial charge in [-0.1, -0.05) is 12.2 Å². The zero-order chi connectivity index (χ0) is 40.4. The zero-order valence-corrected chi connectivity index (χ0v) is 34.0. The molecule has 0 bridgehead atoms. The van der Waals surface area contributed by atoms with E-state index in [2.05, 4.69) is 25.4 Å².